The van der Waals surface area contributed by atoms with E-state index in [1.807, 2.05) is 12.1 Å². The largest absolute Gasteiger partial charge is 0.311 e. The predicted octanol–water partition coefficient (Wildman–Crippen LogP) is 3.97. The standard InChI is InChI=1S/C16H24BrFN2/c1-10(2)16(14-6-5-13(17)7-15(14)18)20-9-11(3)19-8-12(20)4/h5-7,10-12,16,19H,8-9H2,1-4H3/t11-,12+,16?/m0/s1. The third-order valence-electron chi connectivity index (χ3n) is 4.08. The van der Waals surface area contributed by atoms with Crippen molar-refractivity contribution in [2.75, 3.05) is 13.1 Å². The van der Waals surface area contributed by atoms with E-state index in [2.05, 4.69) is 53.8 Å². The Kier molecular flexibility index (Phi) is 5.21. The fourth-order valence-corrected chi connectivity index (χ4v) is 3.43. The first-order valence-corrected chi connectivity index (χ1v) is 8.13. The Balaban J connectivity index is 2.35. The van der Waals surface area contributed by atoms with Crippen LogP contribution in [0.25, 0.3) is 0 Å². The zero-order valence-electron chi connectivity index (χ0n) is 12.7. The summed E-state index contributed by atoms with van der Waals surface area (Å²) in [5.74, 6) is 0.259. The summed E-state index contributed by atoms with van der Waals surface area (Å²) in [6.45, 7) is 10.7. The maximum absolute atomic E-state index is 14.4. The lowest BCUT2D eigenvalue weighted by molar-refractivity contribution is 0.0677. The molecule has 1 saturated heterocycles. The minimum absolute atomic E-state index is 0.114. The molecule has 4 heteroatoms. The minimum Gasteiger partial charge on any atom is -0.311 e. The van der Waals surface area contributed by atoms with Crippen molar-refractivity contribution in [3.05, 3.63) is 34.1 Å². The van der Waals surface area contributed by atoms with Gasteiger partial charge in [0.15, 0.2) is 0 Å². The smallest absolute Gasteiger partial charge is 0.129 e. The first-order chi connectivity index (χ1) is 9.40. The number of nitrogens with zero attached hydrogens (tertiary/aromatic N) is 1. The number of hydrogen-bond acceptors (Lipinski definition) is 2. The van der Waals surface area contributed by atoms with Gasteiger partial charge in [0, 0.05) is 41.3 Å². The van der Waals surface area contributed by atoms with Crippen LogP contribution in [0.5, 0.6) is 0 Å². The maximum Gasteiger partial charge on any atom is 0.129 e. The highest BCUT2D eigenvalue weighted by Gasteiger charge is 2.32. The van der Waals surface area contributed by atoms with Gasteiger partial charge in [-0.05, 0) is 31.9 Å². The van der Waals surface area contributed by atoms with Gasteiger partial charge in [-0.25, -0.2) is 4.39 Å². The average Bonchev–Trinajstić information content (AvgIpc) is 2.36. The van der Waals surface area contributed by atoms with E-state index in [1.54, 1.807) is 6.07 Å². The van der Waals surface area contributed by atoms with Crippen molar-refractivity contribution in [2.45, 2.75) is 45.8 Å². The number of piperazine rings is 1. The first kappa shape index (κ1) is 15.9. The van der Waals surface area contributed by atoms with Crippen LogP contribution in [0.3, 0.4) is 0 Å². The first-order valence-electron chi connectivity index (χ1n) is 7.34. The van der Waals surface area contributed by atoms with Gasteiger partial charge >= 0.3 is 0 Å². The zero-order valence-corrected chi connectivity index (χ0v) is 14.2. The molecule has 3 atom stereocenters. The highest BCUT2D eigenvalue weighted by molar-refractivity contribution is 9.10. The van der Waals surface area contributed by atoms with Crippen LogP contribution < -0.4 is 5.32 Å². The molecule has 20 heavy (non-hydrogen) atoms. The second-order valence-corrected chi connectivity index (χ2v) is 7.13. The van der Waals surface area contributed by atoms with E-state index in [-0.39, 0.29) is 11.9 Å². The summed E-state index contributed by atoms with van der Waals surface area (Å²) >= 11 is 3.34. The summed E-state index contributed by atoms with van der Waals surface area (Å²) in [7, 11) is 0. The Bertz CT molecular complexity index is 464. The summed E-state index contributed by atoms with van der Waals surface area (Å²) in [4.78, 5) is 2.44. The number of hydrogen-bond donors (Lipinski definition) is 1. The molecule has 2 nitrogen and oxygen atoms in total. The van der Waals surface area contributed by atoms with Crippen LogP contribution in [0.4, 0.5) is 4.39 Å². The second kappa shape index (κ2) is 6.54. The minimum atomic E-state index is -0.114. The monoisotopic (exact) mass is 342 g/mol. The molecule has 0 aromatic heterocycles. The van der Waals surface area contributed by atoms with Gasteiger partial charge in [-0.15, -0.1) is 0 Å². The van der Waals surface area contributed by atoms with Gasteiger partial charge in [0.1, 0.15) is 5.82 Å². The van der Waals surface area contributed by atoms with Crippen LogP contribution in [-0.2, 0) is 0 Å². The molecule has 0 saturated carbocycles. The molecule has 1 aliphatic heterocycles. The lowest BCUT2D eigenvalue weighted by Gasteiger charge is -2.44. The molecule has 0 amide bonds. The molecule has 0 spiro atoms. The SMILES string of the molecule is CC(C)C(c1ccc(Br)cc1F)N1C[C@H](C)NC[C@H]1C. The van der Waals surface area contributed by atoms with Crippen LogP contribution in [0.15, 0.2) is 22.7 Å². The van der Waals surface area contributed by atoms with Gasteiger partial charge in [-0.2, -0.15) is 0 Å². The average molecular weight is 343 g/mol. The molecular formula is C16H24BrFN2. The van der Waals surface area contributed by atoms with Gasteiger partial charge in [0.05, 0.1) is 0 Å². The quantitative estimate of drug-likeness (QED) is 0.894. The summed E-state index contributed by atoms with van der Waals surface area (Å²) < 4.78 is 15.2. The molecule has 1 unspecified atom stereocenters. The number of benzene rings is 1. The van der Waals surface area contributed by atoms with E-state index in [0.29, 0.717) is 18.0 Å². The fourth-order valence-electron chi connectivity index (χ4n) is 3.10. The van der Waals surface area contributed by atoms with Crippen LogP contribution in [0.2, 0.25) is 0 Å². The number of rotatable bonds is 3. The van der Waals surface area contributed by atoms with E-state index < -0.39 is 0 Å². The van der Waals surface area contributed by atoms with E-state index in [0.717, 1.165) is 23.1 Å². The van der Waals surface area contributed by atoms with Gasteiger partial charge in [-0.3, -0.25) is 4.90 Å². The normalized spacial score (nSPS) is 25.9. The Labute approximate surface area is 129 Å². The van der Waals surface area contributed by atoms with Crippen molar-refractivity contribution in [1.82, 2.24) is 10.2 Å². The van der Waals surface area contributed by atoms with Crippen LogP contribution in [0, 0.1) is 11.7 Å². The molecule has 1 heterocycles. The van der Waals surface area contributed by atoms with Gasteiger partial charge in [0.2, 0.25) is 0 Å². The van der Waals surface area contributed by atoms with Crippen molar-refractivity contribution in [3.8, 4) is 0 Å². The highest BCUT2D eigenvalue weighted by atomic mass is 79.9. The summed E-state index contributed by atoms with van der Waals surface area (Å²) in [6, 6.07) is 6.42. The molecule has 1 N–H and O–H groups in total. The Morgan fingerprint density at radius 2 is 2.05 bits per heavy atom. The van der Waals surface area contributed by atoms with Crippen LogP contribution in [0.1, 0.15) is 39.3 Å². The molecule has 1 aromatic rings. The van der Waals surface area contributed by atoms with Crippen molar-refractivity contribution in [2.24, 2.45) is 5.92 Å². The van der Waals surface area contributed by atoms with Gasteiger partial charge < -0.3 is 5.32 Å². The van der Waals surface area contributed by atoms with Crippen molar-refractivity contribution < 1.29 is 4.39 Å². The van der Waals surface area contributed by atoms with Crippen LogP contribution in [-0.4, -0.2) is 30.1 Å². The Morgan fingerprint density at radius 1 is 1.35 bits per heavy atom. The lowest BCUT2D eigenvalue weighted by atomic mass is 9.91. The number of halogens is 2. The topological polar surface area (TPSA) is 15.3 Å². The summed E-state index contributed by atoms with van der Waals surface area (Å²) in [6.07, 6.45) is 0. The molecule has 0 bridgehead atoms. The zero-order chi connectivity index (χ0) is 14.9. The van der Waals surface area contributed by atoms with E-state index >= 15 is 0 Å². The third-order valence-corrected chi connectivity index (χ3v) is 4.58. The van der Waals surface area contributed by atoms with Crippen molar-refractivity contribution >= 4 is 15.9 Å². The third kappa shape index (κ3) is 3.41. The lowest BCUT2D eigenvalue weighted by Crippen LogP contribution is -2.56. The van der Waals surface area contributed by atoms with Gasteiger partial charge in [-0.1, -0.05) is 35.8 Å². The van der Waals surface area contributed by atoms with E-state index in [4.69, 9.17) is 0 Å². The molecule has 1 aliphatic rings. The van der Waals surface area contributed by atoms with Crippen molar-refractivity contribution in [1.29, 1.82) is 0 Å². The van der Waals surface area contributed by atoms with Crippen LogP contribution >= 0.6 is 15.9 Å². The molecule has 2 rings (SSSR count). The predicted molar refractivity (Wildman–Crippen MR) is 85.3 cm³/mol. The van der Waals surface area contributed by atoms with Gasteiger partial charge in [0.25, 0.3) is 0 Å². The van der Waals surface area contributed by atoms with Crippen molar-refractivity contribution in [3.63, 3.8) is 0 Å². The Morgan fingerprint density at radius 3 is 2.65 bits per heavy atom. The second-order valence-electron chi connectivity index (χ2n) is 6.21. The van der Waals surface area contributed by atoms with E-state index in [1.165, 1.54) is 0 Å². The highest BCUT2D eigenvalue weighted by Crippen LogP contribution is 2.34. The Hall–Kier alpha value is -0.450. The molecule has 112 valence electrons. The van der Waals surface area contributed by atoms with E-state index in [9.17, 15) is 4.39 Å². The molecule has 1 fully saturated rings. The summed E-state index contributed by atoms with van der Waals surface area (Å²) in [5.41, 5.74) is 0.809. The molecule has 0 radical (unpaired) electrons. The maximum atomic E-state index is 14.4. The molecule has 1 aromatic carbocycles. The molecular weight excluding hydrogens is 319 g/mol. The fraction of sp³-hybridized carbons (Fsp3) is 0.625. The number of nitrogens with one attached hydrogen (secondary N) is 1. The summed E-state index contributed by atoms with van der Waals surface area (Å²) in [5, 5.41) is 3.49. The molecule has 0 aliphatic carbocycles.